The fourth-order valence-electron chi connectivity index (χ4n) is 2.08. The molecule has 0 aliphatic carbocycles. The van der Waals surface area contributed by atoms with Gasteiger partial charge in [-0.2, -0.15) is 4.98 Å². The predicted molar refractivity (Wildman–Crippen MR) is 87.6 cm³/mol. The third-order valence-electron chi connectivity index (χ3n) is 3.51. The van der Waals surface area contributed by atoms with Crippen molar-refractivity contribution >= 4 is 11.9 Å². The van der Waals surface area contributed by atoms with Crippen molar-refractivity contribution in [3.8, 4) is 11.5 Å². The van der Waals surface area contributed by atoms with Crippen molar-refractivity contribution in [3.05, 3.63) is 35.7 Å². The van der Waals surface area contributed by atoms with E-state index in [1.807, 2.05) is 20.8 Å². The third kappa shape index (κ3) is 3.79. The van der Waals surface area contributed by atoms with Crippen LogP contribution in [0, 0.1) is 0 Å². The van der Waals surface area contributed by atoms with E-state index in [0.29, 0.717) is 17.0 Å². The zero-order valence-electron chi connectivity index (χ0n) is 14.2. The fourth-order valence-corrected chi connectivity index (χ4v) is 2.08. The van der Waals surface area contributed by atoms with Crippen molar-refractivity contribution in [3.63, 3.8) is 0 Å². The number of nitrogens with zero attached hydrogens (tertiary/aromatic N) is 2. The van der Waals surface area contributed by atoms with Crippen molar-refractivity contribution in [1.82, 2.24) is 15.5 Å². The Bertz CT molecular complexity index is 746. The minimum absolute atomic E-state index is 0.231. The van der Waals surface area contributed by atoms with Crippen LogP contribution in [-0.4, -0.2) is 33.2 Å². The number of carbonyl (C=O) groups excluding carboxylic acids is 1. The Kier molecular flexibility index (Phi) is 5.02. The molecule has 0 spiro atoms. The molecule has 24 heavy (non-hydrogen) atoms. The van der Waals surface area contributed by atoms with Gasteiger partial charge in [0.05, 0.1) is 11.1 Å². The van der Waals surface area contributed by atoms with E-state index in [1.54, 1.807) is 31.2 Å². The van der Waals surface area contributed by atoms with E-state index in [4.69, 9.17) is 9.63 Å². The molecule has 1 aromatic carbocycles. The van der Waals surface area contributed by atoms with E-state index in [2.05, 4.69) is 15.5 Å². The van der Waals surface area contributed by atoms with Gasteiger partial charge in [0.25, 0.3) is 11.8 Å². The first-order valence-electron chi connectivity index (χ1n) is 7.71. The van der Waals surface area contributed by atoms with E-state index in [1.165, 1.54) is 0 Å². The summed E-state index contributed by atoms with van der Waals surface area (Å²) in [5, 5.41) is 15.6. The van der Waals surface area contributed by atoms with Gasteiger partial charge >= 0.3 is 5.97 Å². The second-order valence-corrected chi connectivity index (χ2v) is 6.49. The number of aromatic nitrogens is 2. The summed E-state index contributed by atoms with van der Waals surface area (Å²) in [6.45, 7) is 7.56. The quantitative estimate of drug-likeness (QED) is 0.872. The van der Waals surface area contributed by atoms with Crippen molar-refractivity contribution < 1.29 is 19.2 Å². The van der Waals surface area contributed by atoms with Crippen LogP contribution in [0.25, 0.3) is 11.5 Å². The van der Waals surface area contributed by atoms with E-state index in [0.717, 1.165) is 0 Å². The normalized spacial score (nSPS) is 12.7. The van der Waals surface area contributed by atoms with Crippen molar-refractivity contribution in [1.29, 1.82) is 0 Å². The Balaban J connectivity index is 2.35. The Labute approximate surface area is 140 Å². The van der Waals surface area contributed by atoms with Crippen LogP contribution >= 0.6 is 0 Å². The summed E-state index contributed by atoms with van der Waals surface area (Å²) < 4.78 is 5.29. The summed E-state index contributed by atoms with van der Waals surface area (Å²) in [5.74, 6) is -0.801. The third-order valence-corrected chi connectivity index (χ3v) is 3.51. The average Bonchev–Trinajstić information content (AvgIpc) is 3.02. The molecule has 0 aliphatic rings. The first-order valence-corrected chi connectivity index (χ1v) is 7.71. The van der Waals surface area contributed by atoms with Crippen LogP contribution in [-0.2, 0) is 10.2 Å². The summed E-state index contributed by atoms with van der Waals surface area (Å²) in [6, 6.07) is 5.79. The molecule has 0 fully saturated rings. The van der Waals surface area contributed by atoms with Crippen LogP contribution in [0.3, 0.4) is 0 Å². The SMILES string of the molecule is CCC(NC(=O)c1ccccc1-c1nc(C(C)(C)C)no1)C(=O)O. The largest absolute Gasteiger partial charge is 0.480 e. The highest BCUT2D eigenvalue weighted by Gasteiger charge is 2.25. The highest BCUT2D eigenvalue weighted by Crippen LogP contribution is 2.26. The highest BCUT2D eigenvalue weighted by molar-refractivity contribution is 6.01. The summed E-state index contributed by atoms with van der Waals surface area (Å²) >= 11 is 0. The number of hydrogen-bond acceptors (Lipinski definition) is 5. The molecule has 0 saturated heterocycles. The minimum Gasteiger partial charge on any atom is -0.480 e. The average molecular weight is 331 g/mol. The number of rotatable bonds is 5. The molecule has 1 atom stereocenters. The standard InChI is InChI=1S/C17H21N3O4/c1-5-12(15(22)23)18-13(21)10-8-6-7-9-11(10)14-19-16(20-24-14)17(2,3)4/h6-9,12H,5H2,1-4H3,(H,18,21)(H,22,23). The Morgan fingerprint density at radius 3 is 2.50 bits per heavy atom. The smallest absolute Gasteiger partial charge is 0.326 e. The lowest BCUT2D eigenvalue weighted by Gasteiger charge is -2.13. The second-order valence-electron chi connectivity index (χ2n) is 6.49. The maximum absolute atomic E-state index is 12.5. The van der Waals surface area contributed by atoms with Gasteiger partial charge in [-0.1, -0.05) is 45.0 Å². The Hall–Kier alpha value is -2.70. The summed E-state index contributed by atoms with van der Waals surface area (Å²) in [6.07, 6.45) is 0.290. The number of hydrogen-bond donors (Lipinski definition) is 2. The maximum Gasteiger partial charge on any atom is 0.326 e. The van der Waals surface area contributed by atoms with Crippen LogP contribution < -0.4 is 5.32 Å². The van der Waals surface area contributed by atoms with Crippen LogP contribution in [0.2, 0.25) is 0 Å². The molecule has 7 heteroatoms. The molecule has 1 amide bonds. The Morgan fingerprint density at radius 2 is 1.96 bits per heavy atom. The van der Waals surface area contributed by atoms with E-state index < -0.39 is 17.9 Å². The van der Waals surface area contributed by atoms with Crippen LogP contribution in [0.4, 0.5) is 0 Å². The van der Waals surface area contributed by atoms with Gasteiger partial charge in [0.2, 0.25) is 0 Å². The molecule has 1 unspecified atom stereocenters. The van der Waals surface area contributed by atoms with Gasteiger partial charge in [-0.05, 0) is 18.6 Å². The molecule has 2 N–H and O–H groups in total. The fraction of sp³-hybridized carbons (Fsp3) is 0.412. The van der Waals surface area contributed by atoms with Gasteiger partial charge in [-0.15, -0.1) is 0 Å². The minimum atomic E-state index is -1.07. The molecule has 7 nitrogen and oxygen atoms in total. The predicted octanol–water partition coefficient (Wildman–Crippen LogP) is 2.63. The lowest BCUT2D eigenvalue weighted by Crippen LogP contribution is -2.40. The molecule has 0 aliphatic heterocycles. The molecule has 2 aromatic rings. The van der Waals surface area contributed by atoms with Gasteiger partial charge in [0.1, 0.15) is 6.04 Å². The number of benzene rings is 1. The zero-order chi connectivity index (χ0) is 17.9. The van der Waals surface area contributed by atoms with Gasteiger partial charge in [-0.25, -0.2) is 4.79 Å². The highest BCUT2D eigenvalue weighted by atomic mass is 16.5. The van der Waals surface area contributed by atoms with E-state index >= 15 is 0 Å². The number of carbonyl (C=O) groups is 2. The molecular formula is C17H21N3O4. The zero-order valence-corrected chi connectivity index (χ0v) is 14.2. The first kappa shape index (κ1) is 17.7. The summed E-state index contributed by atoms with van der Waals surface area (Å²) in [7, 11) is 0. The van der Waals surface area contributed by atoms with Gasteiger partial charge in [-0.3, -0.25) is 4.79 Å². The molecule has 1 heterocycles. The maximum atomic E-state index is 12.5. The first-order chi connectivity index (χ1) is 11.2. The molecule has 0 radical (unpaired) electrons. The summed E-state index contributed by atoms with van der Waals surface area (Å²) in [5.41, 5.74) is 0.481. The number of carboxylic acid groups (broad SMARTS) is 1. The molecule has 0 saturated carbocycles. The van der Waals surface area contributed by atoms with Gasteiger partial charge in [0.15, 0.2) is 5.82 Å². The van der Waals surface area contributed by atoms with Crippen LogP contribution in [0.1, 0.15) is 50.3 Å². The molecule has 128 valence electrons. The van der Waals surface area contributed by atoms with Gasteiger partial charge < -0.3 is 14.9 Å². The van der Waals surface area contributed by atoms with Crippen LogP contribution in [0.15, 0.2) is 28.8 Å². The Morgan fingerprint density at radius 1 is 1.29 bits per heavy atom. The molecule has 0 bridgehead atoms. The summed E-state index contributed by atoms with van der Waals surface area (Å²) in [4.78, 5) is 27.9. The molecule has 1 aromatic heterocycles. The van der Waals surface area contributed by atoms with E-state index in [9.17, 15) is 9.59 Å². The number of carboxylic acids is 1. The lowest BCUT2D eigenvalue weighted by atomic mass is 9.96. The van der Waals surface area contributed by atoms with Crippen molar-refractivity contribution in [2.45, 2.75) is 45.6 Å². The van der Waals surface area contributed by atoms with Crippen molar-refractivity contribution in [2.24, 2.45) is 0 Å². The number of amides is 1. The van der Waals surface area contributed by atoms with Gasteiger partial charge in [0, 0.05) is 5.41 Å². The second kappa shape index (κ2) is 6.82. The van der Waals surface area contributed by atoms with Crippen molar-refractivity contribution in [2.75, 3.05) is 0 Å². The number of nitrogens with one attached hydrogen (secondary N) is 1. The van der Waals surface area contributed by atoms with E-state index in [-0.39, 0.29) is 17.7 Å². The molecular weight excluding hydrogens is 310 g/mol. The topological polar surface area (TPSA) is 105 Å². The monoisotopic (exact) mass is 331 g/mol. The number of aliphatic carboxylic acids is 1. The van der Waals surface area contributed by atoms with Crippen LogP contribution in [0.5, 0.6) is 0 Å². The molecule has 2 rings (SSSR count). The lowest BCUT2D eigenvalue weighted by molar-refractivity contribution is -0.139.